The van der Waals surface area contributed by atoms with E-state index in [1.807, 2.05) is 20.9 Å². The molecule has 0 unspecified atom stereocenters. The summed E-state index contributed by atoms with van der Waals surface area (Å²) < 4.78 is 45.6. The number of nitrogens with one attached hydrogen (secondary N) is 3. The number of methoxy groups -OCH3 is 1. The van der Waals surface area contributed by atoms with Gasteiger partial charge >= 0.3 is 6.18 Å². The number of likely N-dealkylation sites (N-methyl/N-ethyl adjacent to an activating group) is 1. The van der Waals surface area contributed by atoms with Gasteiger partial charge in [-0.15, -0.1) is 0 Å². The van der Waals surface area contributed by atoms with Gasteiger partial charge < -0.3 is 26.0 Å². The first kappa shape index (κ1) is 31.1. The zero-order chi connectivity index (χ0) is 27.3. The van der Waals surface area contributed by atoms with Gasteiger partial charge in [-0.05, 0) is 32.9 Å². The molecule has 2 rings (SSSR count). The number of hydrogen-bond acceptors (Lipinski definition) is 7. The lowest BCUT2D eigenvalue weighted by atomic mass is 9.99. The molecule has 0 bridgehead atoms. The van der Waals surface area contributed by atoms with Crippen LogP contribution < -0.4 is 21.1 Å². The maximum Gasteiger partial charge on any atom is 0.433 e. The van der Waals surface area contributed by atoms with Gasteiger partial charge in [-0.2, -0.15) is 13.2 Å². The zero-order valence-corrected chi connectivity index (χ0v) is 21.8. The van der Waals surface area contributed by atoms with E-state index in [-0.39, 0.29) is 18.3 Å². The maximum atomic E-state index is 13.5. The van der Waals surface area contributed by atoms with Gasteiger partial charge in [0.05, 0.1) is 18.7 Å². The van der Waals surface area contributed by atoms with Gasteiger partial charge in [-0.1, -0.05) is 32.0 Å². The first-order valence-corrected chi connectivity index (χ1v) is 12.1. The highest BCUT2D eigenvalue weighted by molar-refractivity contribution is 6.52. The maximum absolute atomic E-state index is 13.5. The van der Waals surface area contributed by atoms with Gasteiger partial charge in [-0.25, -0.2) is 0 Å². The fourth-order valence-electron chi connectivity index (χ4n) is 3.71. The predicted octanol–water partition coefficient (Wildman–Crippen LogP) is 3.28. The Kier molecular flexibility index (Phi) is 13.2. The zero-order valence-electron chi connectivity index (χ0n) is 21.8. The minimum atomic E-state index is -4.98. The Balaban J connectivity index is 0.00000316. The summed E-state index contributed by atoms with van der Waals surface area (Å²) in [7, 11) is 3.35. The smallest absolute Gasteiger partial charge is 0.433 e. The van der Waals surface area contributed by atoms with Crippen molar-refractivity contribution in [2.24, 2.45) is 10.7 Å². The molecule has 36 heavy (non-hydrogen) atoms. The molecule has 202 valence electrons. The standard InChI is InChI=1S/C23H33F3N6O2.C2H6/c1-15(27)19(21(28)23(24,25)26)20(31-17-8-11-32(12-9-17)13-10-29-2)22(33)30-14-16-6-4-5-7-18(16)34-3;1-2/h4-7,17,28-29H,8-14,27H2,1-3H3,(H,30,33);1-2H3/b19-15+,28-21?,31-20?;. The largest absolute Gasteiger partial charge is 0.496 e. The molecule has 5 N–H and O–H groups in total. The van der Waals surface area contributed by atoms with Crippen molar-refractivity contribution < 1.29 is 22.7 Å². The van der Waals surface area contributed by atoms with Crippen molar-refractivity contribution in [1.29, 1.82) is 5.41 Å². The lowest BCUT2D eigenvalue weighted by molar-refractivity contribution is -0.114. The summed E-state index contributed by atoms with van der Waals surface area (Å²) in [5.74, 6) is -0.290. The lowest BCUT2D eigenvalue weighted by Gasteiger charge is -2.30. The van der Waals surface area contributed by atoms with E-state index in [0.29, 0.717) is 37.2 Å². The van der Waals surface area contributed by atoms with Crippen LogP contribution in [0.15, 0.2) is 40.5 Å². The number of benzene rings is 1. The Morgan fingerprint density at radius 3 is 2.39 bits per heavy atom. The van der Waals surface area contributed by atoms with Crippen molar-refractivity contribution in [2.45, 2.75) is 52.4 Å². The molecule has 0 aromatic heterocycles. The first-order valence-electron chi connectivity index (χ1n) is 12.1. The van der Waals surface area contributed by atoms with E-state index in [1.165, 1.54) is 14.0 Å². The number of halogens is 3. The number of carbonyl (C=O) groups is 1. The van der Waals surface area contributed by atoms with E-state index >= 15 is 0 Å². The third kappa shape index (κ3) is 9.27. The third-order valence-corrected chi connectivity index (χ3v) is 5.56. The molecule has 1 heterocycles. The summed E-state index contributed by atoms with van der Waals surface area (Å²) in [6.07, 6.45) is -3.80. The molecular weight excluding hydrogens is 473 g/mol. The topological polar surface area (TPSA) is 116 Å². The van der Waals surface area contributed by atoms with Crippen LogP contribution in [-0.4, -0.2) is 74.8 Å². The summed E-state index contributed by atoms with van der Waals surface area (Å²) in [5, 5.41) is 13.4. The Morgan fingerprint density at radius 1 is 1.25 bits per heavy atom. The minimum absolute atomic E-state index is 0.0145. The molecule has 0 saturated carbocycles. The Morgan fingerprint density at radius 2 is 1.86 bits per heavy atom. The van der Waals surface area contributed by atoms with E-state index in [2.05, 4.69) is 20.5 Å². The van der Waals surface area contributed by atoms with Gasteiger partial charge in [0, 0.05) is 44.0 Å². The SMILES string of the molecule is CC.CNCCN1CCC(N=C(C(=O)NCc2ccccc2OC)/C(C(=N)C(F)(F)F)=C(/C)N)CC1. The van der Waals surface area contributed by atoms with E-state index in [1.54, 1.807) is 24.3 Å². The van der Waals surface area contributed by atoms with Gasteiger partial charge in [-0.3, -0.25) is 15.2 Å². The number of piperidine rings is 1. The van der Waals surface area contributed by atoms with Crippen LogP contribution in [0.1, 0.15) is 39.2 Å². The molecule has 0 atom stereocenters. The molecular formula is C25H39F3N6O2. The number of likely N-dealkylation sites (tertiary alicyclic amines) is 1. The predicted molar refractivity (Wildman–Crippen MR) is 138 cm³/mol. The Labute approximate surface area is 211 Å². The number of aliphatic imine (C=N–C) groups is 1. The minimum Gasteiger partial charge on any atom is -0.496 e. The second-order valence-electron chi connectivity index (χ2n) is 8.08. The molecule has 1 saturated heterocycles. The van der Waals surface area contributed by atoms with Gasteiger partial charge in [0.1, 0.15) is 17.2 Å². The number of para-hydroxylation sites is 1. The molecule has 0 aliphatic carbocycles. The second-order valence-corrected chi connectivity index (χ2v) is 8.08. The van der Waals surface area contributed by atoms with Crippen LogP contribution in [0, 0.1) is 5.41 Å². The molecule has 0 spiro atoms. The number of carbonyl (C=O) groups excluding carboxylic acids is 1. The normalized spacial score (nSPS) is 15.9. The first-order chi connectivity index (χ1) is 17.1. The summed E-state index contributed by atoms with van der Waals surface area (Å²) in [6.45, 7) is 8.35. The van der Waals surface area contributed by atoms with Gasteiger partial charge in [0.15, 0.2) is 0 Å². The molecule has 1 aromatic carbocycles. The summed E-state index contributed by atoms with van der Waals surface area (Å²) >= 11 is 0. The van der Waals surface area contributed by atoms with Gasteiger partial charge in [0.2, 0.25) is 0 Å². The number of amides is 1. The molecule has 0 radical (unpaired) electrons. The highest BCUT2D eigenvalue weighted by atomic mass is 19.4. The number of rotatable bonds is 10. The van der Waals surface area contributed by atoms with Crippen molar-refractivity contribution >= 4 is 17.3 Å². The number of nitrogens with zero attached hydrogens (tertiary/aromatic N) is 2. The molecule has 1 aliphatic heterocycles. The van der Waals surface area contributed by atoms with Crippen molar-refractivity contribution in [3.63, 3.8) is 0 Å². The van der Waals surface area contributed by atoms with Crippen molar-refractivity contribution in [1.82, 2.24) is 15.5 Å². The van der Waals surface area contributed by atoms with Crippen molar-refractivity contribution in [2.75, 3.05) is 40.3 Å². The van der Waals surface area contributed by atoms with E-state index in [0.717, 1.165) is 13.1 Å². The lowest BCUT2D eigenvalue weighted by Crippen LogP contribution is -2.41. The van der Waals surface area contributed by atoms with Crippen molar-refractivity contribution in [3.8, 4) is 5.75 Å². The molecule has 1 fully saturated rings. The second kappa shape index (κ2) is 15.2. The molecule has 1 amide bonds. The summed E-state index contributed by atoms with van der Waals surface area (Å²) in [4.78, 5) is 19.8. The van der Waals surface area contributed by atoms with Gasteiger partial charge in [0.25, 0.3) is 5.91 Å². The number of ether oxygens (including phenoxy) is 1. The summed E-state index contributed by atoms with van der Waals surface area (Å²) in [5.41, 5.74) is 3.26. The fraction of sp³-hybridized carbons (Fsp3) is 0.560. The highest BCUT2D eigenvalue weighted by Gasteiger charge is 2.40. The van der Waals surface area contributed by atoms with Crippen LogP contribution in [0.3, 0.4) is 0 Å². The fourth-order valence-corrected chi connectivity index (χ4v) is 3.71. The molecule has 1 aromatic rings. The third-order valence-electron chi connectivity index (χ3n) is 5.56. The quantitative estimate of drug-likeness (QED) is 0.359. The van der Waals surface area contributed by atoms with Crippen LogP contribution in [0.2, 0.25) is 0 Å². The van der Waals surface area contributed by atoms with E-state index in [4.69, 9.17) is 15.9 Å². The van der Waals surface area contributed by atoms with E-state index in [9.17, 15) is 18.0 Å². The van der Waals surface area contributed by atoms with E-state index < -0.39 is 29.1 Å². The van der Waals surface area contributed by atoms with Crippen LogP contribution in [-0.2, 0) is 11.3 Å². The Bertz CT molecular complexity index is 919. The van der Waals surface area contributed by atoms with Crippen LogP contribution in [0.4, 0.5) is 13.2 Å². The number of allylic oxidation sites excluding steroid dienone is 1. The number of alkyl halides is 3. The molecule has 1 aliphatic rings. The monoisotopic (exact) mass is 512 g/mol. The van der Waals surface area contributed by atoms with Crippen LogP contribution >= 0.6 is 0 Å². The molecule has 8 nitrogen and oxygen atoms in total. The highest BCUT2D eigenvalue weighted by Crippen LogP contribution is 2.25. The average molecular weight is 513 g/mol. The van der Waals surface area contributed by atoms with Crippen LogP contribution in [0.5, 0.6) is 5.75 Å². The van der Waals surface area contributed by atoms with Crippen molar-refractivity contribution in [3.05, 3.63) is 41.1 Å². The Hall–Kier alpha value is -2.92. The van der Waals surface area contributed by atoms with Crippen LogP contribution in [0.25, 0.3) is 0 Å². The average Bonchev–Trinajstić information content (AvgIpc) is 2.86. The number of nitrogens with two attached hydrogens (primary N) is 1. The number of hydrogen-bond donors (Lipinski definition) is 4. The summed E-state index contributed by atoms with van der Waals surface area (Å²) in [6, 6.07) is 6.62. The molecule has 11 heteroatoms.